The molecule has 3 heterocycles. The quantitative estimate of drug-likeness (QED) is 0.455. The smallest absolute Gasteiger partial charge is 0.166 e. The summed E-state index contributed by atoms with van der Waals surface area (Å²) in [5.41, 5.74) is 3.78. The maximum Gasteiger partial charge on any atom is 0.166 e. The second kappa shape index (κ2) is 7.72. The highest BCUT2D eigenvalue weighted by molar-refractivity contribution is 7.19. The Hall–Kier alpha value is -2.73. The maximum absolute atomic E-state index is 4.89. The average Bonchev–Trinajstić information content (AvgIpc) is 3.39. The summed E-state index contributed by atoms with van der Waals surface area (Å²) in [5.74, 6) is 1.72. The molecule has 4 aromatic rings. The van der Waals surface area contributed by atoms with Gasteiger partial charge in [-0.05, 0) is 49.7 Å². The first-order chi connectivity index (χ1) is 13.9. The van der Waals surface area contributed by atoms with E-state index in [2.05, 4.69) is 45.8 Å². The number of nitrogens with zero attached hydrogens (tertiary/aromatic N) is 3. The minimum atomic E-state index is 0.741. The van der Waals surface area contributed by atoms with Crippen molar-refractivity contribution >= 4 is 27.4 Å². The lowest BCUT2D eigenvalue weighted by molar-refractivity contribution is 0.700. The highest BCUT2D eigenvalue weighted by atomic mass is 32.1. The van der Waals surface area contributed by atoms with E-state index >= 15 is 0 Å². The van der Waals surface area contributed by atoms with Gasteiger partial charge < -0.3 is 5.32 Å². The predicted molar refractivity (Wildman–Crippen MR) is 115 cm³/mol. The number of rotatable bonds is 6. The van der Waals surface area contributed by atoms with Crippen LogP contribution < -0.4 is 5.32 Å². The molecule has 0 unspecified atom stereocenters. The first-order valence-corrected chi connectivity index (χ1v) is 10.8. The number of fused-ring (bicyclic) bond motifs is 3. The molecule has 3 aromatic heterocycles. The molecule has 2 N–H and O–H groups in total. The fourth-order valence-electron chi connectivity index (χ4n) is 3.93. The first kappa shape index (κ1) is 17.4. The standard InChI is InChI=1S/C22H23N5S/c1-2-7-15(8-3-1)9-6-12-23-21-19-17-10-4-5-11-18(17)28-22(19)27-20(26-21)16-13-24-25-14-16/h1-3,7-8,13-14H,4-6,9-12H2,(H,24,25)(H,23,26,27). The van der Waals surface area contributed by atoms with Crippen molar-refractivity contribution in [2.45, 2.75) is 38.5 Å². The van der Waals surface area contributed by atoms with Gasteiger partial charge in [0.05, 0.1) is 17.1 Å². The summed E-state index contributed by atoms with van der Waals surface area (Å²) in [5, 5.41) is 11.8. The second-order valence-electron chi connectivity index (χ2n) is 7.29. The van der Waals surface area contributed by atoms with E-state index in [1.807, 2.05) is 17.5 Å². The van der Waals surface area contributed by atoms with Gasteiger partial charge in [-0.1, -0.05) is 30.3 Å². The number of nitrogens with one attached hydrogen (secondary N) is 2. The molecule has 6 heteroatoms. The zero-order chi connectivity index (χ0) is 18.8. The Morgan fingerprint density at radius 2 is 1.96 bits per heavy atom. The minimum absolute atomic E-state index is 0.741. The Labute approximate surface area is 168 Å². The molecule has 0 bridgehead atoms. The van der Waals surface area contributed by atoms with Crippen molar-refractivity contribution in [1.82, 2.24) is 20.2 Å². The second-order valence-corrected chi connectivity index (χ2v) is 8.37. The third kappa shape index (κ3) is 3.40. The molecule has 0 radical (unpaired) electrons. The molecule has 0 amide bonds. The number of aromatic nitrogens is 4. The third-order valence-electron chi connectivity index (χ3n) is 5.35. The zero-order valence-electron chi connectivity index (χ0n) is 15.7. The molecule has 0 fully saturated rings. The van der Waals surface area contributed by atoms with E-state index < -0.39 is 0 Å². The van der Waals surface area contributed by atoms with Crippen LogP contribution >= 0.6 is 11.3 Å². The van der Waals surface area contributed by atoms with E-state index in [1.54, 1.807) is 6.20 Å². The number of hydrogen-bond donors (Lipinski definition) is 2. The van der Waals surface area contributed by atoms with Crippen LogP contribution in [0.2, 0.25) is 0 Å². The van der Waals surface area contributed by atoms with Crippen molar-refractivity contribution < 1.29 is 0 Å². The van der Waals surface area contributed by atoms with Crippen LogP contribution in [0.3, 0.4) is 0 Å². The Bertz CT molecular complexity index is 1070. The van der Waals surface area contributed by atoms with Crippen molar-refractivity contribution in [2.75, 3.05) is 11.9 Å². The van der Waals surface area contributed by atoms with Gasteiger partial charge in [0.25, 0.3) is 0 Å². The van der Waals surface area contributed by atoms with Crippen molar-refractivity contribution in [2.24, 2.45) is 0 Å². The molecule has 1 aromatic carbocycles. The largest absolute Gasteiger partial charge is 0.369 e. The van der Waals surface area contributed by atoms with E-state index in [9.17, 15) is 0 Å². The summed E-state index contributed by atoms with van der Waals surface area (Å²) >= 11 is 1.84. The van der Waals surface area contributed by atoms with Crippen LogP contribution in [0.25, 0.3) is 21.6 Å². The summed E-state index contributed by atoms with van der Waals surface area (Å²) in [6.45, 7) is 0.899. The molecule has 5 nitrogen and oxygen atoms in total. The average molecular weight is 390 g/mol. The molecule has 0 saturated heterocycles. The molecule has 28 heavy (non-hydrogen) atoms. The molecule has 0 atom stereocenters. The lowest BCUT2D eigenvalue weighted by atomic mass is 9.97. The molecule has 1 aliphatic carbocycles. The molecule has 142 valence electrons. The molecular weight excluding hydrogens is 366 g/mol. The van der Waals surface area contributed by atoms with Crippen LogP contribution in [0.15, 0.2) is 42.7 Å². The SMILES string of the molecule is c1ccc(CCCNc2nc(-c3cn[nH]c3)nc3sc4c(c23)CCCC4)cc1. The van der Waals surface area contributed by atoms with E-state index in [0.29, 0.717) is 0 Å². The highest BCUT2D eigenvalue weighted by Crippen LogP contribution is 2.39. The van der Waals surface area contributed by atoms with Crippen LogP contribution in [0.5, 0.6) is 0 Å². The van der Waals surface area contributed by atoms with Gasteiger partial charge in [0.15, 0.2) is 5.82 Å². The molecule has 5 rings (SSSR count). The molecular formula is C22H23N5S. The lowest BCUT2D eigenvalue weighted by Crippen LogP contribution is -2.07. The molecule has 0 saturated carbocycles. The lowest BCUT2D eigenvalue weighted by Gasteiger charge is -2.13. The van der Waals surface area contributed by atoms with Crippen molar-refractivity contribution in [3.8, 4) is 11.4 Å². The number of hydrogen-bond acceptors (Lipinski definition) is 5. The Kier molecular flexibility index (Phi) is 4.79. The van der Waals surface area contributed by atoms with Crippen LogP contribution in [0, 0.1) is 0 Å². The van der Waals surface area contributed by atoms with Crippen molar-refractivity contribution in [3.63, 3.8) is 0 Å². The van der Waals surface area contributed by atoms with Gasteiger partial charge in [-0.15, -0.1) is 11.3 Å². The van der Waals surface area contributed by atoms with Gasteiger partial charge in [0.1, 0.15) is 10.6 Å². The fourth-order valence-corrected chi connectivity index (χ4v) is 5.19. The van der Waals surface area contributed by atoms with Crippen LogP contribution in [0.1, 0.15) is 35.3 Å². The van der Waals surface area contributed by atoms with E-state index in [-0.39, 0.29) is 0 Å². The number of thiophene rings is 1. The monoisotopic (exact) mass is 389 g/mol. The van der Waals surface area contributed by atoms with E-state index in [4.69, 9.17) is 9.97 Å². The van der Waals surface area contributed by atoms with Gasteiger partial charge in [-0.3, -0.25) is 5.10 Å². The van der Waals surface area contributed by atoms with Gasteiger partial charge in [0, 0.05) is 17.6 Å². The number of H-pyrrole nitrogens is 1. The molecule has 1 aliphatic rings. The summed E-state index contributed by atoms with van der Waals surface area (Å²) in [6, 6.07) is 10.7. The summed E-state index contributed by atoms with van der Waals surface area (Å²) in [6.07, 6.45) is 10.6. The Morgan fingerprint density at radius 1 is 1.07 bits per heavy atom. The van der Waals surface area contributed by atoms with Gasteiger partial charge in [-0.25, -0.2) is 9.97 Å². The minimum Gasteiger partial charge on any atom is -0.369 e. The summed E-state index contributed by atoms with van der Waals surface area (Å²) in [4.78, 5) is 12.4. The zero-order valence-corrected chi connectivity index (χ0v) is 16.6. The highest BCUT2D eigenvalue weighted by Gasteiger charge is 2.21. The number of aromatic amines is 1. The Balaban J connectivity index is 1.44. The molecule has 0 aliphatic heterocycles. The number of aryl methyl sites for hydroxylation is 3. The van der Waals surface area contributed by atoms with Gasteiger partial charge in [0.2, 0.25) is 0 Å². The molecule has 0 spiro atoms. The fraction of sp³-hybridized carbons (Fsp3) is 0.318. The van der Waals surface area contributed by atoms with Crippen molar-refractivity contribution in [1.29, 1.82) is 0 Å². The normalized spacial score (nSPS) is 13.6. The maximum atomic E-state index is 4.89. The number of benzene rings is 1. The van der Waals surface area contributed by atoms with Gasteiger partial charge in [-0.2, -0.15) is 5.10 Å². The Morgan fingerprint density at radius 3 is 2.82 bits per heavy atom. The van der Waals surface area contributed by atoms with Gasteiger partial charge >= 0.3 is 0 Å². The van der Waals surface area contributed by atoms with Crippen LogP contribution in [0.4, 0.5) is 5.82 Å². The summed E-state index contributed by atoms with van der Waals surface area (Å²) < 4.78 is 0. The van der Waals surface area contributed by atoms with E-state index in [1.165, 1.54) is 40.7 Å². The van der Waals surface area contributed by atoms with Crippen LogP contribution in [-0.4, -0.2) is 26.7 Å². The number of anilines is 1. The summed E-state index contributed by atoms with van der Waals surface area (Å²) in [7, 11) is 0. The predicted octanol–water partition coefficient (Wildman–Crippen LogP) is 5.00. The van der Waals surface area contributed by atoms with Crippen molar-refractivity contribution in [3.05, 3.63) is 58.7 Å². The van der Waals surface area contributed by atoms with Crippen LogP contribution in [-0.2, 0) is 19.3 Å². The van der Waals surface area contributed by atoms with E-state index in [0.717, 1.165) is 47.8 Å². The third-order valence-corrected chi connectivity index (χ3v) is 6.53. The first-order valence-electron chi connectivity index (χ1n) is 9.98. The topological polar surface area (TPSA) is 66.5 Å².